The molecule has 0 aromatic carbocycles. The van der Waals surface area contributed by atoms with Gasteiger partial charge in [0, 0.05) is 12.3 Å². The second-order valence-corrected chi connectivity index (χ2v) is 4.07. The fourth-order valence-electron chi connectivity index (χ4n) is 1.79. The molecule has 0 bridgehead atoms. The van der Waals surface area contributed by atoms with E-state index in [2.05, 4.69) is 15.3 Å². The van der Waals surface area contributed by atoms with E-state index in [1.807, 2.05) is 19.1 Å². The molecule has 0 aliphatic heterocycles. The lowest BCUT2D eigenvalue weighted by molar-refractivity contribution is 0.0945. The molecule has 0 fully saturated rings. The average molecular weight is 257 g/mol. The number of rotatable bonds is 4. The second-order valence-electron chi connectivity index (χ2n) is 4.07. The van der Waals surface area contributed by atoms with E-state index in [9.17, 15) is 9.59 Å². The normalized spacial score (nSPS) is 10.2. The number of aryl methyl sites for hydroxylation is 1. The Labute approximate surface area is 110 Å². The van der Waals surface area contributed by atoms with Crippen LogP contribution in [0, 0.1) is 0 Å². The van der Waals surface area contributed by atoms with Gasteiger partial charge in [-0.25, -0.2) is 0 Å². The van der Waals surface area contributed by atoms with Gasteiger partial charge in [0.15, 0.2) is 0 Å². The molecule has 0 saturated carbocycles. The summed E-state index contributed by atoms with van der Waals surface area (Å²) in [5, 5.41) is 2.75. The summed E-state index contributed by atoms with van der Waals surface area (Å²) in [7, 11) is 0. The van der Waals surface area contributed by atoms with E-state index in [1.54, 1.807) is 18.3 Å². The number of aromatic amines is 1. The van der Waals surface area contributed by atoms with Crippen LogP contribution < -0.4 is 10.9 Å². The third-order valence-electron chi connectivity index (χ3n) is 2.79. The molecule has 0 spiro atoms. The van der Waals surface area contributed by atoms with E-state index in [0.717, 1.165) is 17.7 Å². The second kappa shape index (κ2) is 5.95. The first-order chi connectivity index (χ1) is 9.20. The Balaban J connectivity index is 2.06. The molecule has 0 unspecified atom stereocenters. The van der Waals surface area contributed by atoms with Gasteiger partial charge in [0.05, 0.1) is 12.2 Å². The molecule has 5 nitrogen and oxygen atoms in total. The van der Waals surface area contributed by atoms with Gasteiger partial charge in [0.25, 0.3) is 5.91 Å². The van der Waals surface area contributed by atoms with Crippen molar-refractivity contribution in [1.29, 1.82) is 0 Å². The SMILES string of the molecule is CCc1cccnc1CNC(=O)c1cccc(=O)[nH]1. The first-order valence-electron chi connectivity index (χ1n) is 6.11. The molecule has 0 saturated heterocycles. The molecule has 2 aromatic heterocycles. The molecule has 19 heavy (non-hydrogen) atoms. The molecule has 0 aliphatic rings. The molecular weight excluding hydrogens is 242 g/mol. The smallest absolute Gasteiger partial charge is 0.268 e. The minimum Gasteiger partial charge on any atom is -0.345 e. The summed E-state index contributed by atoms with van der Waals surface area (Å²) < 4.78 is 0. The number of amides is 1. The number of nitrogens with zero attached hydrogens (tertiary/aromatic N) is 1. The zero-order valence-electron chi connectivity index (χ0n) is 10.6. The van der Waals surface area contributed by atoms with E-state index >= 15 is 0 Å². The zero-order valence-corrected chi connectivity index (χ0v) is 10.6. The fraction of sp³-hybridized carbons (Fsp3) is 0.214. The number of carbonyl (C=O) groups excluding carboxylic acids is 1. The van der Waals surface area contributed by atoms with Crippen LogP contribution in [0.4, 0.5) is 0 Å². The van der Waals surface area contributed by atoms with Crippen LogP contribution in [-0.4, -0.2) is 15.9 Å². The molecule has 5 heteroatoms. The third kappa shape index (κ3) is 3.28. The lowest BCUT2D eigenvalue weighted by atomic mass is 10.1. The third-order valence-corrected chi connectivity index (χ3v) is 2.79. The predicted molar refractivity (Wildman–Crippen MR) is 71.8 cm³/mol. The highest BCUT2D eigenvalue weighted by Gasteiger charge is 2.07. The molecule has 0 aliphatic carbocycles. The molecule has 2 N–H and O–H groups in total. The highest BCUT2D eigenvalue weighted by atomic mass is 16.2. The number of hydrogen-bond donors (Lipinski definition) is 2. The summed E-state index contributed by atoms with van der Waals surface area (Å²) in [4.78, 5) is 29.7. The minimum atomic E-state index is -0.314. The maximum atomic E-state index is 11.9. The Hall–Kier alpha value is -2.43. The Morgan fingerprint density at radius 2 is 2.16 bits per heavy atom. The van der Waals surface area contributed by atoms with Crippen molar-refractivity contribution in [2.75, 3.05) is 0 Å². The van der Waals surface area contributed by atoms with Crippen LogP contribution in [0.5, 0.6) is 0 Å². The van der Waals surface area contributed by atoms with Gasteiger partial charge < -0.3 is 10.3 Å². The van der Waals surface area contributed by atoms with Crippen molar-refractivity contribution in [3.8, 4) is 0 Å². The van der Waals surface area contributed by atoms with Gasteiger partial charge >= 0.3 is 0 Å². The quantitative estimate of drug-likeness (QED) is 0.866. The van der Waals surface area contributed by atoms with E-state index in [0.29, 0.717) is 6.54 Å². The highest BCUT2D eigenvalue weighted by molar-refractivity contribution is 5.92. The van der Waals surface area contributed by atoms with Crippen molar-refractivity contribution in [2.24, 2.45) is 0 Å². The molecule has 2 aromatic rings. The Kier molecular flexibility index (Phi) is 4.07. The molecular formula is C14H15N3O2. The molecule has 1 amide bonds. The van der Waals surface area contributed by atoms with E-state index in [-0.39, 0.29) is 17.2 Å². The summed E-state index contributed by atoms with van der Waals surface area (Å²) in [5.41, 5.74) is 1.90. The van der Waals surface area contributed by atoms with E-state index in [4.69, 9.17) is 0 Å². The van der Waals surface area contributed by atoms with Crippen molar-refractivity contribution in [3.05, 3.63) is 63.8 Å². The van der Waals surface area contributed by atoms with Crippen molar-refractivity contribution in [1.82, 2.24) is 15.3 Å². The lowest BCUT2D eigenvalue weighted by Gasteiger charge is -2.08. The van der Waals surface area contributed by atoms with Gasteiger partial charge in [-0.05, 0) is 24.1 Å². The van der Waals surface area contributed by atoms with E-state index in [1.165, 1.54) is 6.07 Å². The molecule has 0 atom stereocenters. The number of hydrogen-bond acceptors (Lipinski definition) is 3. The molecule has 2 heterocycles. The standard InChI is InChI=1S/C14H15N3O2/c1-2-10-5-4-8-15-12(10)9-16-14(19)11-6-3-7-13(18)17-11/h3-8H,2,9H2,1H3,(H,16,19)(H,17,18). The maximum Gasteiger partial charge on any atom is 0.268 e. The average Bonchev–Trinajstić information content (AvgIpc) is 2.45. The van der Waals surface area contributed by atoms with Gasteiger partial charge in [-0.2, -0.15) is 0 Å². The number of aromatic nitrogens is 2. The van der Waals surface area contributed by atoms with Crippen molar-refractivity contribution < 1.29 is 4.79 Å². The summed E-state index contributed by atoms with van der Waals surface area (Å²) in [6.45, 7) is 2.39. The molecule has 98 valence electrons. The van der Waals surface area contributed by atoms with Gasteiger partial charge in [0.2, 0.25) is 5.56 Å². The van der Waals surface area contributed by atoms with Crippen LogP contribution >= 0.6 is 0 Å². The Morgan fingerprint density at radius 3 is 2.89 bits per heavy atom. The van der Waals surface area contributed by atoms with Gasteiger partial charge in [-0.3, -0.25) is 14.6 Å². The summed E-state index contributed by atoms with van der Waals surface area (Å²) in [6, 6.07) is 8.34. The van der Waals surface area contributed by atoms with Gasteiger partial charge in [-0.1, -0.05) is 19.1 Å². The van der Waals surface area contributed by atoms with Crippen LogP contribution in [0.1, 0.15) is 28.7 Å². The molecule has 2 rings (SSSR count). The van der Waals surface area contributed by atoms with Crippen LogP contribution in [-0.2, 0) is 13.0 Å². The maximum absolute atomic E-state index is 11.9. The molecule has 0 radical (unpaired) electrons. The number of pyridine rings is 2. The fourth-order valence-corrected chi connectivity index (χ4v) is 1.79. The van der Waals surface area contributed by atoms with Crippen LogP contribution in [0.3, 0.4) is 0 Å². The summed E-state index contributed by atoms with van der Waals surface area (Å²) in [6.07, 6.45) is 2.56. The summed E-state index contributed by atoms with van der Waals surface area (Å²) >= 11 is 0. The largest absolute Gasteiger partial charge is 0.345 e. The van der Waals surface area contributed by atoms with Crippen molar-refractivity contribution in [2.45, 2.75) is 19.9 Å². The van der Waals surface area contributed by atoms with Gasteiger partial charge in [-0.15, -0.1) is 0 Å². The number of H-pyrrole nitrogens is 1. The van der Waals surface area contributed by atoms with Crippen LogP contribution in [0.25, 0.3) is 0 Å². The lowest BCUT2D eigenvalue weighted by Crippen LogP contribution is -2.26. The van der Waals surface area contributed by atoms with Crippen molar-refractivity contribution >= 4 is 5.91 Å². The first kappa shape index (κ1) is 13.0. The monoisotopic (exact) mass is 257 g/mol. The Morgan fingerprint density at radius 1 is 1.32 bits per heavy atom. The number of carbonyl (C=O) groups is 1. The Bertz CT molecular complexity index is 634. The highest BCUT2D eigenvalue weighted by Crippen LogP contribution is 2.05. The van der Waals surface area contributed by atoms with Crippen LogP contribution in [0.2, 0.25) is 0 Å². The summed E-state index contributed by atoms with van der Waals surface area (Å²) in [5.74, 6) is -0.314. The van der Waals surface area contributed by atoms with Crippen molar-refractivity contribution in [3.63, 3.8) is 0 Å². The predicted octanol–water partition coefficient (Wildman–Crippen LogP) is 1.26. The number of nitrogens with one attached hydrogen (secondary N) is 2. The van der Waals surface area contributed by atoms with Gasteiger partial charge in [0.1, 0.15) is 5.69 Å². The minimum absolute atomic E-state index is 0.251. The first-order valence-corrected chi connectivity index (χ1v) is 6.11. The van der Waals surface area contributed by atoms with E-state index < -0.39 is 0 Å². The topological polar surface area (TPSA) is 74.8 Å². The zero-order chi connectivity index (χ0) is 13.7. The van der Waals surface area contributed by atoms with Crippen LogP contribution in [0.15, 0.2) is 41.3 Å².